The second kappa shape index (κ2) is 6.24. The van der Waals surface area contributed by atoms with Gasteiger partial charge in [-0.3, -0.25) is 14.3 Å². The van der Waals surface area contributed by atoms with Crippen LogP contribution < -0.4 is 11.2 Å². The number of carbonyl (C=O) groups excluding carboxylic acids is 1. The van der Waals surface area contributed by atoms with Crippen LogP contribution in [0.2, 0.25) is 0 Å². The van der Waals surface area contributed by atoms with Crippen molar-refractivity contribution in [1.29, 1.82) is 0 Å². The lowest BCUT2D eigenvalue weighted by atomic mass is 10.1. The molecule has 0 spiro atoms. The minimum atomic E-state index is -1.35. The highest BCUT2D eigenvalue weighted by Crippen LogP contribution is 2.29. The van der Waals surface area contributed by atoms with E-state index in [-0.39, 0.29) is 6.61 Å². The van der Waals surface area contributed by atoms with Gasteiger partial charge >= 0.3 is 11.7 Å². The van der Waals surface area contributed by atoms with E-state index in [0.717, 1.165) is 0 Å². The molecule has 122 valence electrons. The number of ether oxygens (including phenoxy) is 2. The number of aromatic nitrogens is 2. The number of H-pyrrole nitrogens is 1. The lowest BCUT2D eigenvalue weighted by Gasteiger charge is -2.24. The van der Waals surface area contributed by atoms with Gasteiger partial charge in [0.2, 0.25) is 0 Å². The summed E-state index contributed by atoms with van der Waals surface area (Å²) in [5.41, 5.74) is -2.15. The Bertz CT molecular complexity index is 797. The molecule has 2 N–H and O–H groups in total. The van der Waals surface area contributed by atoms with Crippen molar-refractivity contribution in [2.24, 2.45) is 0 Å². The third kappa shape index (κ3) is 3.41. The van der Waals surface area contributed by atoms with Crippen LogP contribution in [0, 0.1) is 19.3 Å². The summed E-state index contributed by atoms with van der Waals surface area (Å²) in [4.78, 5) is 36.7. The summed E-state index contributed by atoms with van der Waals surface area (Å²) in [6, 6.07) is 0. The molecule has 0 bridgehead atoms. The van der Waals surface area contributed by atoms with E-state index < -0.39 is 35.2 Å². The first kappa shape index (κ1) is 16.7. The van der Waals surface area contributed by atoms with E-state index >= 15 is 0 Å². The number of terminal acetylenes is 1. The molecule has 0 aliphatic carbocycles. The van der Waals surface area contributed by atoms with Gasteiger partial charge in [0.25, 0.3) is 5.56 Å². The van der Waals surface area contributed by atoms with Gasteiger partial charge in [0.1, 0.15) is 12.7 Å². The van der Waals surface area contributed by atoms with Gasteiger partial charge in [-0.15, -0.1) is 6.42 Å². The van der Waals surface area contributed by atoms with Gasteiger partial charge in [-0.25, -0.2) is 9.59 Å². The third-order valence-electron chi connectivity index (χ3n) is 3.30. The second-order valence-electron chi connectivity index (χ2n) is 5.16. The number of aryl methyl sites for hydroxylation is 1. The van der Waals surface area contributed by atoms with Crippen LogP contribution in [0.25, 0.3) is 0 Å². The van der Waals surface area contributed by atoms with Gasteiger partial charge in [0.15, 0.2) is 11.8 Å². The Morgan fingerprint density at radius 3 is 2.96 bits per heavy atom. The molecule has 8 nitrogen and oxygen atoms in total. The smallest absolute Gasteiger partial charge is 0.334 e. The summed E-state index contributed by atoms with van der Waals surface area (Å²) in [6.07, 6.45) is 7.67. The van der Waals surface area contributed by atoms with Crippen LogP contribution in [0.5, 0.6) is 0 Å². The van der Waals surface area contributed by atoms with Crippen LogP contribution >= 0.6 is 0 Å². The number of aromatic amines is 1. The molecule has 2 heterocycles. The summed E-state index contributed by atoms with van der Waals surface area (Å²) < 4.78 is 11.7. The zero-order chi connectivity index (χ0) is 17.2. The Morgan fingerprint density at radius 2 is 2.35 bits per heavy atom. The molecule has 0 saturated carbocycles. The molecule has 2 rings (SSSR count). The van der Waals surface area contributed by atoms with Crippen molar-refractivity contribution in [3.05, 3.63) is 44.8 Å². The largest absolute Gasteiger partial charge is 0.459 e. The Hall–Kier alpha value is -2.63. The quantitative estimate of drug-likeness (QED) is 0.428. The van der Waals surface area contributed by atoms with Crippen LogP contribution in [-0.2, 0) is 14.3 Å². The number of rotatable bonds is 4. The molecular weight excluding hydrogens is 304 g/mol. The average Bonchev–Trinajstić information content (AvgIpc) is 2.93. The van der Waals surface area contributed by atoms with Gasteiger partial charge in [0.05, 0.1) is 0 Å². The van der Waals surface area contributed by atoms with Crippen LogP contribution in [0.4, 0.5) is 0 Å². The van der Waals surface area contributed by atoms with E-state index in [1.807, 2.05) is 0 Å². The lowest BCUT2D eigenvalue weighted by molar-refractivity contribution is -0.159. The van der Waals surface area contributed by atoms with Crippen LogP contribution in [0.3, 0.4) is 0 Å². The van der Waals surface area contributed by atoms with Gasteiger partial charge in [0, 0.05) is 11.8 Å². The molecule has 1 aromatic heterocycles. The molecule has 0 fully saturated rings. The highest BCUT2D eigenvalue weighted by molar-refractivity contribution is 5.73. The first-order valence-corrected chi connectivity index (χ1v) is 6.80. The highest BCUT2D eigenvalue weighted by Gasteiger charge is 2.37. The van der Waals surface area contributed by atoms with Gasteiger partial charge in [-0.05, 0) is 26.0 Å². The molecule has 0 unspecified atom stereocenters. The molecule has 0 amide bonds. The zero-order valence-corrected chi connectivity index (χ0v) is 12.6. The number of nitrogens with zero attached hydrogens (tertiary/aromatic N) is 1. The van der Waals surface area contributed by atoms with E-state index in [0.29, 0.717) is 5.56 Å². The Labute approximate surface area is 131 Å². The number of aliphatic hydroxyl groups is 1. The SMILES string of the molecule is C#C[C@@]1(COC(=O)[C@H](C)O)C=C[C@H](n2cc(C)c(=O)[nH]c2=O)O1. The summed E-state index contributed by atoms with van der Waals surface area (Å²) in [5, 5.41) is 9.11. The van der Waals surface area contributed by atoms with E-state index in [1.165, 1.54) is 29.8 Å². The van der Waals surface area contributed by atoms with Gasteiger partial charge in [-0.2, -0.15) is 0 Å². The Balaban J connectivity index is 2.20. The van der Waals surface area contributed by atoms with Crippen LogP contribution in [0.1, 0.15) is 18.7 Å². The average molecular weight is 320 g/mol. The highest BCUT2D eigenvalue weighted by atomic mass is 16.6. The normalized spacial score (nSPS) is 24.2. The molecular formula is C15H16N2O6. The summed E-state index contributed by atoms with van der Waals surface area (Å²) in [6.45, 7) is 2.51. The molecule has 1 aromatic rings. The fraction of sp³-hybridized carbons (Fsp3) is 0.400. The fourth-order valence-corrected chi connectivity index (χ4v) is 1.96. The summed E-state index contributed by atoms with van der Waals surface area (Å²) >= 11 is 0. The van der Waals surface area contributed by atoms with Crippen molar-refractivity contribution in [2.45, 2.75) is 31.8 Å². The van der Waals surface area contributed by atoms with E-state index in [2.05, 4.69) is 10.9 Å². The lowest BCUT2D eigenvalue weighted by Crippen LogP contribution is -2.38. The minimum absolute atomic E-state index is 0.308. The molecule has 23 heavy (non-hydrogen) atoms. The van der Waals surface area contributed by atoms with Crippen molar-refractivity contribution in [3.63, 3.8) is 0 Å². The molecule has 0 saturated heterocycles. The van der Waals surface area contributed by atoms with Crippen LogP contribution in [-0.4, -0.2) is 38.9 Å². The predicted octanol–water partition coefficient (Wildman–Crippen LogP) is -0.774. The first-order chi connectivity index (χ1) is 10.8. The maximum atomic E-state index is 11.9. The van der Waals surface area contributed by atoms with E-state index in [9.17, 15) is 14.4 Å². The summed E-state index contributed by atoms with van der Waals surface area (Å²) in [5.74, 6) is 1.53. The van der Waals surface area contributed by atoms with E-state index in [1.54, 1.807) is 6.92 Å². The van der Waals surface area contributed by atoms with Crippen LogP contribution in [0.15, 0.2) is 27.9 Å². The Morgan fingerprint density at radius 1 is 1.65 bits per heavy atom. The monoisotopic (exact) mass is 320 g/mol. The molecule has 3 atom stereocenters. The van der Waals surface area contributed by atoms with Gasteiger partial charge < -0.3 is 14.6 Å². The topological polar surface area (TPSA) is 111 Å². The third-order valence-corrected chi connectivity index (χ3v) is 3.30. The molecule has 0 aromatic carbocycles. The number of hydrogen-bond donors (Lipinski definition) is 2. The van der Waals surface area contributed by atoms with Crippen molar-refractivity contribution in [2.75, 3.05) is 6.61 Å². The molecule has 8 heteroatoms. The van der Waals surface area contributed by atoms with Gasteiger partial charge in [-0.1, -0.05) is 5.92 Å². The number of carbonyl (C=O) groups is 1. The van der Waals surface area contributed by atoms with Crippen molar-refractivity contribution in [3.8, 4) is 12.3 Å². The maximum Gasteiger partial charge on any atom is 0.334 e. The molecule has 0 radical (unpaired) electrons. The number of hydrogen-bond acceptors (Lipinski definition) is 6. The van der Waals surface area contributed by atoms with Crippen molar-refractivity contribution in [1.82, 2.24) is 9.55 Å². The predicted molar refractivity (Wildman–Crippen MR) is 79.5 cm³/mol. The van der Waals surface area contributed by atoms with Crippen molar-refractivity contribution < 1.29 is 19.4 Å². The van der Waals surface area contributed by atoms with E-state index in [4.69, 9.17) is 21.0 Å². The first-order valence-electron chi connectivity index (χ1n) is 6.80. The molecule has 1 aliphatic heterocycles. The van der Waals surface area contributed by atoms with Crippen molar-refractivity contribution >= 4 is 5.97 Å². The second-order valence-corrected chi connectivity index (χ2v) is 5.16. The maximum absolute atomic E-state index is 11.9. The number of esters is 1. The standard InChI is InChI=1S/C15H16N2O6/c1-4-15(8-22-13(20)10(3)18)6-5-11(23-15)17-7-9(2)12(19)16-14(17)21/h1,5-7,10-11,18H,8H2,2-3H3,(H,16,19,21)/t10-,11+,15-/m0/s1. The fourth-order valence-electron chi connectivity index (χ4n) is 1.96. The Kier molecular flexibility index (Phi) is 4.54. The number of aliphatic hydroxyl groups excluding tert-OH is 1. The molecule has 1 aliphatic rings. The summed E-state index contributed by atoms with van der Waals surface area (Å²) in [7, 11) is 0. The number of nitrogens with one attached hydrogen (secondary N) is 1. The minimum Gasteiger partial charge on any atom is -0.459 e. The zero-order valence-electron chi connectivity index (χ0n) is 12.6.